The molecule has 1 amide bonds. The van der Waals surface area contributed by atoms with Crippen LogP contribution in [-0.4, -0.2) is 69.9 Å². The van der Waals surface area contributed by atoms with Gasteiger partial charge in [0.25, 0.3) is 5.91 Å². The molecule has 0 fully saturated rings. The second kappa shape index (κ2) is 18.5. The summed E-state index contributed by atoms with van der Waals surface area (Å²) in [6.45, 7) is 4.09. The van der Waals surface area contributed by atoms with Gasteiger partial charge in [-0.25, -0.2) is 0 Å². The zero-order valence-electron chi connectivity index (χ0n) is 18.7. The summed E-state index contributed by atoms with van der Waals surface area (Å²) in [4.78, 5) is 23.6. The summed E-state index contributed by atoms with van der Waals surface area (Å²) in [7, 11) is 0. The molecule has 0 unspecified atom stereocenters. The summed E-state index contributed by atoms with van der Waals surface area (Å²) in [6.07, 6.45) is 4.21. The van der Waals surface area contributed by atoms with Crippen LogP contribution in [0.25, 0.3) is 0 Å². The number of nitrogens with one attached hydrogen (secondary N) is 1. The van der Waals surface area contributed by atoms with Crippen molar-refractivity contribution >= 4 is 11.9 Å². The number of unbranched alkanes of at least 4 members (excludes halogenated alkanes) is 9. The Hall–Kier alpha value is -1.22. The fourth-order valence-electron chi connectivity index (χ4n) is 3.01. The average Bonchev–Trinajstić information content (AvgIpc) is 2.74. The van der Waals surface area contributed by atoms with Crippen molar-refractivity contribution in [1.29, 1.82) is 0 Å². The van der Waals surface area contributed by atoms with E-state index in [1.807, 2.05) is 0 Å². The van der Waals surface area contributed by atoms with Gasteiger partial charge in [0.1, 0.15) is 24.9 Å². The van der Waals surface area contributed by atoms with Crippen molar-refractivity contribution in [2.75, 3.05) is 13.2 Å². The molecule has 0 bridgehead atoms. The number of rotatable bonds is 19. The molecular formula is C22H43NO7. The highest BCUT2D eigenvalue weighted by molar-refractivity contribution is 5.81. The normalized spacial score (nSPS) is 15.3. The Morgan fingerprint density at radius 3 is 1.90 bits per heavy atom. The molecule has 0 aliphatic rings. The van der Waals surface area contributed by atoms with E-state index in [9.17, 15) is 30.0 Å². The molecule has 0 radical (unpaired) electrons. The number of aliphatic hydroxyl groups is 4. The first-order chi connectivity index (χ1) is 14.3. The topological polar surface area (TPSA) is 136 Å². The van der Waals surface area contributed by atoms with Crippen LogP contribution in [0.3, 0.4) is 0 Å². The minimum atomic E-state index is -1.89. The summed E-state index contributed by atoms with van der Waals surface area (Å²) in [5, 5.41) is 42.2. The van der Waals surface area contributed by atoms with Crippen LogP contribution in [0.1, 0.15) is 90.9 Å². The van der Waals surface area contributed by atoms with Gasteiger partial charge in [-0.15, -0.1) is 0 Å². The van der Waals surface area contributed by atoms with Gasteiger partial charge in [0.2, 0.25) is 0 Å². The average molecular weight is 434 g/mol. The van der Waals surface area contributed by atoms with Crippen molar-refractivity contribution in [3.8, 4) is 0 Å². The third-order valence-corrected chi connectivity index (χ3v) is 5.07. The monoisotopic (exact) mass is 433 g/mol. The Bertz CT molecular complexity index is 447. The van der Waals surface area contributed by atoms with E-state index in [0.29, 0.717) is 13.0 Å². The highest BCUT2D eigenvalue weighted by atomic mass is 16.5. The van der Waals surface area contributed by atoms with E-state index in [1.165, 1.54) is 6.42 Å². The molecule has 8 nitrogen and oxygen atoms in total. The van der Waals surface area contributed by atoms with Crippen LogP contribution in [0.15, 0.2) is 0 Å². The molecular weight excluding hydrogens is 390 g/mol. The van der Waals surface area contributed by atoms with Gasteiger partial charge in [-0.1, -0.05) is 71.6 Å². The Kier molecular flexibility index (Phi) is 17.8. The number of ether oxygens (including phenoxy) is 1. The van der Waals surface area contributed by atoms with Gasteiger partial charge >= 0.3 is 5.97 Å². The summed E-state index contributed by atoms with van der Waals surface area (Å²) >= 11 is 0. The van der Waals surface area contributed by atoms with Crippen molar-refractivity contribution in [2.45, 2.75) is 115 Å². The SMILES string of the molecule is CCCCCCCCNC(=O)[C@H](O)[C@@H](O)[C@H](O)[C@H](O)COC(=O)CCCCCCC. The van der Waals surface area contributed by atoms with Gasteiger partial charge in [-0.3, -0.25) is 9.59 Å². The molecule has 178 valence electrons. The highest BCUT2D eigenvalue weighted by Crippen LogP contribution is 2.09. The maximum atomic E-state index is 11.9. The lowest BCUT2D eigenvalue weighted by molar-refractivity contribution is -0.159. The number of amides is 1. The zero-order chi connectivity index (χ0) is 22.8. The number of hydrogen-bond acceptors (Lipinski definition) is 7. The van der Waals surface area contributed by atoms with Gasteiger partial charge in [0.05, 0.1) is 0 Å². The fraction of sp³-hybridized carbons (Fsp3) is 0.909. The van der Waals surface area contributed by atoms with Gasteiger partial charge in [-0.05, 0) is 12.8 Å². The molecule has 30 heavy (non-hydrogen) atoms. The van der Waals surface area contributed by atoms with Crippen LogP contribution >= 0.6 is 0 Å². The van der Waals surface area contributed by atoms with Gasteiger partial charge in [0, 0.05) is 13.0 Å². The predicted molar refractivity (Wildman–Crippen MR) is 115 cm³/mol. The summed E-state index contributed by atoms with van der Waals surface area (Å²) in [5.41, 5.74) is 0. The summed E-state index contributed by atoms with van der Waals surface area (Å²) in [5.74, 6) is -1.31. The third-order valence-electron chi connectivity index (χ3n) is 5.07. The van der Waals surface area contributed by atoms with Crippen molar-refractivity contribution in [3.05, 3.63) is 0 Å². The van der Waals surface area contributed by atoms with Crippen LogP contribution in [0.2, 0.25) is 0 Å². The van der Waals surface area contributed by atoms with Crippen molar-refractivity contribution in [2.24, 2.45) is 0 Å². The minimum Gasteiger partial charge on any atom is -0.463 e. The number of carbonyl (C=O) groups excluding carboxylic acids is 2. The lowest BCUT2D eigenvalue weighted by Crippen LogP contribution is -2.52. The summed E-state index contributed by atoms with van der Waals surface area (Å²) in [6, 6.07) is 0. The van der Waals surface area contributed by atoms with Crippen molar-refractivity contribution < 1.29 is 34.8 Å². The first-order valence-electron chi connectivity index (χ1n) is 11.5. The molecule has 0 aromatic heterocycles. The zero-order valence-corrected chi connectivity index (χ0v) is 18.7. The number of carbonyl (C=O) groups is 2. The first kappa shape index (κ1) is 28.8. The molecule has 0 saturated heterocycles. The van der Waals surface area contributed by atoms with Gasteiger partial charge in [0.15, 0.2) is 6.10 Å². The molecule has 0 aromatic carbocycles. The number of aliphatic hydroxyl groups excluding tert-OH is 4. The molecule has 4 atom stereocenters. The molecule has 0 spiro atoms. The quantitative estimate of drug-likeness (QED) is 0.155. The smallest absolute Gasteiger partial charge is 0.305 e. The number of esters is 1. The van der Waals surface area contributed by atoms with E-state index in [4.69, 9.17) is 4.74 Å². The van der Waals surface area contributed by atoms with E-state index < -0.39 is 42.9 Å². The summed E-state index contributed by atoms with van der Waals surface area (Å²) < 4.78 is 4.90. The van der Waals surface area contributed by atoms with Gasteiger partial charge in [-0.2, -0.15) is 0 Å². The Balaban J connectivity index is 4.06. The van der Waals surface area contributed by atoms with E-state index in [-0.39, 0.29) is 6.42 Å². The fourth-order valence-corrected chi connectivity index (χ4v) is 3.01. The second-order valence-electron chi connectivity index (χ2n) is 7.90. The Morgan fingerprint density at radius 2 is 1.30 bits per heavy atom. The molecule has 0 aliphatic carbocycles. The standard InChI is InChI=1S/C22H43NO7/c1-3-5-7-9-11-13-15-23-22(29)21(28)20(27)19(26)17(24)16-30-18(25)14-12-10-8-6-4-2/h17,19-21,24,26-28H,3-16H2,1-2H3,(H,23,29)/t17-,19-,20+,21-/m1/s1. The molecule has 0 saturated carbocycles. The van der Waals surface area contributed by atoms with Crippen LogP contribution in [0.4, 0.5) is 0 Å². The maximum absolute atomic E-state index is 11.9. The number of hydrogen-bond donors (Lipinski definition) is 5. The molecule has 5 N–H and O–H groups in total. The Morgan fingerprint density at radius 1 is 0.767 bits per heavy atom. The van der Waals surface area contributed by atoms with E-state index >= 15 is 0 Å². The second-order valence-corrected chi connectivity index (χ2v) is 7.90. The van der Waals surface area contributed by atoms with Crippen LogP contribution < -0.4 is 5.32 Å². The predicted octanol–water partition coefficient (Wildman–Crippen LogP) is 1.81. The highest BCUT2D eigenvalue weighted by Gasteiger charge is 2.34. The van der Waals surface area contributed by atoms with E-state index in [2.05, 4.69) is 19.2 Å². The van der Waals surface area contributed by atoms with Crippen LogP contribution in [0.5, 0.6) is 0 Å². The van der Waals surface area contributed by atoms with E-state index in [1.54, 1.807) is 0 Å². The molecule has 0 heterocycles. The minimum absolute atomic E-state index is 0.221. The Labute approximate surface area is 181 Å². The lowest BCUT2D eigenvalue weighted by Gasteiger charge is -2.25. The largest absolute Gasteiger partial charge is 0.463 e. The maximum Gasteiger partial charge on any atom is 0.305 e. The lowest BCUT2D eigenvalue weighted by atomic mass is 10.0. The molecule has 0 aliphatic heterocycles. The van der Waals surface area contributed by atoms with Crippen LogP contribution in [0, 0.1) is 0 Å². The van der Waals surface area contributed by atoms with E-state index in [0.717, 1.165) is 57.8 Å². The third kappa shape index (κ3) is 13.9. The molecule has 0 aromatic rings. The van der Waals surface area contributed by atoms with Crippen molar-refractivity contribution in [1.82, 2.24) is 5.32 Å². The van der Waals surface area contributed by atoms with Crippen molar-refractivity contribution in [3.63, 3.8) is 0 Å². The molecule has 0 rings (SSSR count). The van der Waals surface area contributed by atoms with Gasteiger partial charge < -0.3 is 30.5 Å². The molecule has 8 heteroatoms. The van der Waals surface area contributed by atoms with Crippen LogP contribution in [-0.2, 0) is 14.3 Å². The first-order valence-corrected chi connectivity index (χ1v) is 11.5.